The zero-order valence-electron chi connectivity index (χ0n) is 28.4. The van der Waals surface area contributed by atoms with Crippen molar-refractivity contribution in [3.63, 3.8) is 0 Å². The van der Waals surface area contributed by atoms with Gasteiger partial charge in [-0.15, -0.1) is 0 Å². The van der Waals surface area contributed by atoms with Crippen molar-refractivity contribution in [3.05, 3.63) is 54.0 Å². The molecule has 0 bridgehead atoms. The van der Waals surface area contributed by atoms with E-state index in [9.17, 15) is 19.8 Å². The number of ether oxygens (including phenoxy) is 2. The van der Waals surface area contributed by atoms with Crippen molar-refractivity contribution in [1.82, 2.24) is 19.9 Å². The molecule has 2 N–H and O–H groups in total. The third-order valence-corrected chi connectivity index (χ3v) is 10.8. The van der Waals surface area contributed by atoms with Crippen LogP contribution in [0.15, 0.2) is 41.1 Å². The summed E-state index contributed by atoms with van der Waals surface area (Å²) in [5.74, 6) is 3.15. The molecule has 3 aromatic heterocycles. The smallest absolute Gasteiger partial charge is 0.410 e. The van der Waals surface area contributed by atoms with Crippen LogP contribution in [0.2, 0.25) is 0 Å². The number of nitrogens with zero attached hydrogens (tertiary/aromatic N) is 5. The maximum Gasteiger partial charge on any atom is 0.410 e. The van der Waals surface area contributed by atoms with E-state index >= 15 is 0 Å². The zero-order chi connectivity index (χ0) is 34.1. The number of hydrogen-bond donors (Lipinski definition) is 2. The molecule has 262 valence electrons. The number of hydrogen-bond acceptors (Lipinski definition) is 10. The van der Waals surface area contributed by atoms with Crippen molar-refractivity contribution in [2.24, 2.45) is 11.8 Å². The minimum Gasteiger partial charge on any atom is -0.495 e. The molecule has 0 spiro atoms. The lowest BCUT2D eigenvalue weighted by Crippen LogP contribution is -2.65. The van der Waals surface area contributed by atoms with Crippen molar-refractivity contribution < 1.29 is 33.7 Å². The lowest BCUT2D eigenvalue weighted by molar-refractivity contribution is -0.126. The number of oxazole rings is 1. The number of carbonyl (C=O) groups is 2. The lowest BCUT2D eigenvalue weighted by atomic mass is 9.79. The van der Waals surface area contributed by atoms with Gasteiger partial charge in [0.05, 0.1) is 32.5 Å². The number of β-amino-alcohol motifs (C(OH)–C–C–N with tert-alkyl or cyclic N) is 1. The summed E-state index contributed by atoms with van der Waals surface area (Å²) in [5, 5.41) is 19.3. The second-order valence-corrected chi connectivity index (χ2v) is 14.5. The Kier molecular flexibility index (Phi) is 9.61. The number of methoxy groups -OCH3 is 1. The van der Waals surface area contributed by atoms with Crippen molar-refractivity contribution in [3.8, 4) is 17.0 Å². The van der Waals surface area contributed by atoms with Gasteiger partial charge in [-0.05, 0) is 101 Å². The van der Waals surface area contributed by atoms with Crippen molar-refractivity contribution >= 4 is 17.8 Å². The lowest BCUT2D eigenvalue weighted by Gasteiger charge is -2.45. The highest BCUT2D eigenvalue weighted by atomic mass is 16.6. The van der Waals surface area contributed by atoms with Crippen LogP contribution < -0.4 is 9.64 Å². The van der Waals surface area contributed by atoms with E-state index in [2.05, 4.69) is 6.07 Å². The Morgan fingerprint density at radius 3 is 2.41 bits per heavy atom. The van der Waals surface area contributed by atoms with Crippen LogP contribution in [0, 0.1) is 18.8 Å². The molecule has 3 saturated carbocycles. The maximum absolute atomic E-state index is 14.4. The maximum atomic E-state index is 14.4. The average molecular weight is 674 g/mol. The van der Waals surface area contributed by atoms with Gasteiger partial charge in [-0.25, -0.2) is 14.8 Å². The molecular formula is C37H47N5O7. The first kappa shape index (κ1) is 33.5. The molecule has 3 aromatic rings. The second kappa shape index (κ2) is 14.1. The van der Waals surface area contributed by atoms with E-state index in [0.717, 1.165) is 72.8 Å². The Hall–Kier alpha value is -4.03. The zero-order valence-corrected chi connectivity index (χ0v) is 28.4. The van der Waals surface area contributed by atoms with Gasteiger partial charge in [0, 0.05) is 41.8 Å². The van der Waals surface area contributed by atoms with Crippen molar-refractivity contribution in [1.29, 1.82) is 0 Å². The highest BCUT2D eigenvalue weighted by Gasteiger charge is 2.45. The first-order valence-electron chi connectivity index (χ1n) is 17.8. The molecule has 0 atom stereocenters. The van der Waals surface area contributed by atoms with Crippen molar-refractivity contribution in [2.45, 2.75) is 94.7 Å². The number of carbonyl (C=O) groups excluding carboxylic acids is 2. The van der Waals surface area contributed by atoms with Crippen LogP contribution in [0.25, 0.3) is 11.3 Å². The van der Waals surface area contributed by atoms with Crippen LogP contribution in [0.4, 0.5) is 10.6 Å². The predicted molar refractivity (Wildman–Crippen MR) is 180 cm³/mol. The number of amides is 2. The van der Waals surface area contributed by atoms with E-state index in [4.69, 9.17) is 28.8 Å². The Morgan fingerprint density at radius 2 is 1.73 bits per heavy atom. The molecule has 1 saturated heterocycles. The monoisotopic (exact) mass is 673 g/mol. The fourth-order valence-corrected chi connectivity index (χ4v) is 7.63. The summed E-state index contributed by atoms with van der Waals surface area (Å²) in [6, 6.07) is 7.94. The number of anilines is 1. The fourth-order valence-electron chi connectivity index (χ4n) is 7.63. The molecule has 4 aliphatic rings. The van der Waals surface area contributed by atoms with Gasteiger partial charge < -0.3 is 29.0 Å². The number of aliphatic hydroxyl groups is 2. The summed E-state index contributed by atoms with van der Waals surface area (Å²) >= 11 is 0. The summed E-state index contributed by atoms with van der Waals surface area (Å²) < 4.78 is 16.9. The number of aromatic nitrogens is 3. The highest BCUT2D eigenvalue weighted by molar-refractivity contribution is 5.94. The largest absolute Gasteiger partial charge is 0.495 e. The number of pyridine rings is 2. The highest BCUT2D eigenvalue weighted by Crippen LogP contribution is 2.41. The Bertz CT molecular complexity index is 1640. The van der Waals surface area contributed by atoms with Crippen LogP contribution >= 0.6 is 0 Å². The summed E-state index contributed by atoms with van der Waals surface area (Å²) in [6.45, 7) is 2.30. The van der Waals surface area contributed by atoms with Crippen LogP contribution in [-0.4, -0.2) is 87.1 Å². The first-order chi connectivity index (χ1) is 23.7. The van der Waals surface area contributed by atoms with E-state index < -0.39 is 11.7 Å². The van der Waals surface area contributed by atoms with E-state index in [-0.39, 0.29) is 37.6 Å². The minimum absolute atomic E-state index is 0.0542. The summed E-state index contributed by atoms with van der Waals surface area (Å²) in [6.07, 6.45) is 11.3. The molecule has 12 heteroatoms. The van der Waals surface area contributed by atoms with Gasteiger partial charge in [0.2, 0.25) is 5.91 Å². The molecule has 2 amide bonds. The van der Waals surface area contributed by atoms with Crippen LogP contribution in [0.5, 0.6) is 5.75 Å². The van der Waals surface area contributed by atoms with E-state index in [1.54, 1.807) is 19.6 Å². The van der Waals surface area contributed by atoms with Gasteiger partial charge >= 0.3 is 6.09 Å². The van der Waals surface area contributed by atoms with Crippen LogP contribution in [0.3, 0.4) is 0 Å². The third kappa shape index (κ3) is 7.45. The van der Waals surface area contributed by atoms with E-state index in [0.29, 0.717) is 55.8 Å². The molecule has 0 unspecified atom stereocenters. The van der Waals surface area contributed by atoms with Gasteiger partial charge in [0.1, 0.15) is 35.2 Å². The van der Waals surface area contributed by atoms with Gasteiger partial charge in [-0.2, -0.15) is 0 Å². The Morgan fingerprint density at radius 1 is 1.00 bits per heavy atom. The SMILES string of the molecule is COc1ccc(C2CCC(CN(C(=O)C3CCC(OC(=O)N4CC(O)(CO)C4)CC3)c3cc(-c4coc(C5CC5)n4)ccn3)CC2)nc1C. The molecule has 1 aliphatic heterocycles. The van der Waals surface area contributed by atoms with Gasteiger partial charge in [-0.3, -0.25) is 14.7 Å². The molecular weight excluding hydrogens is 626 g/mol. The van der Waals surface area contributed by atoms with Crippen molar-refractivity contribution in [2.75, 3.05) is 38.3 Å². The van der Waals surface area contributed by atoms with E-state index in [1.807, 2.05) is 30.0 Å². The Balaban J connectivity index is 1.03. The van der Waals surface area contributed by atoms with Crippen LogP contribution in [-0.2, 0) is 9.53 Å². The molecule has 4 fully saturated rings. The normalized spacial score (nSPS) is 24.9. The van der Waals surface area contributed by atoms with Crippen LogP contribution in [0.1, 0.15) is 93.3 Å². The first-order valence-corrected chi connectivity index (χ1v) is 17.8. The summed E-state index contributed by atoms with van der Waals surface area (Å²) in [4.78, 5) is 44.5. The number of rotatable bonds is 10. The van der Waals surface area contributed by atoms with E-state index in [1.165, 1.54) is 4.90 Å². The molecule has 49 heavy (non-hydrogen) atoms. The predicted octanol–water partition coefficient (Wildman–Crippen LogP) is 5.37. The Labute approximate surface area is 286 Å². The van der Waals surface area contributed by atoms with Gasteiger partial charge in [0.15, 0.2) is 5.89 Å². The van der Waals surface area contributed by atoms with Gasteiger partial charge in [-0.1, -0.05) is 0 Å². The molecule has 0 radical (unpaired) electrons. The molecule has 4 heterocycles. The number of likely N-dealkylation sites (tertiary alicyclic amines) is 1. The molecule has 3 aliphatic carbocycles. The molecule has 12 nitrogen and oxygen atoms in total. The number of aliphatic hydroxyl groups excluding tert-OH is 1. The summed E-state index contributed by atoms with van der Waals surface area (Å²) in [7, 11) is 1.67. The minimum atomic E-state index is -1.24. The topological polar surface area (TPSA) is 151 Å². The standard InChI is InChI=1S/C37H47N5O7/c1-23-32(47-2)14-13-30(39-23)25-5-3-24(4-6-25)18-42(33-17-28(15-16-38-33)31-19-48-34(40-31)26-7-8-26)35(44)27-9-11-29(12-10-27)49-36(45)41-20-37(46,21-41)22-43/h13-17,19,24-27,29,43,46H,3-12,18,20-22H2,1-2H3. The summed E-state index contributed by atoms with van der Waals surface area (Å²) in [5.41, 5.74) is 2.39. The quantitative estimate of drug-likeness (QED) is 0.288. The fraction of sp³-hybridized carbons (Fsp3) is 0.595. The third-order valence-electron chi connectivity index (χ3n) is 10.8. The number of aryl methyl sites for hydroxylation is 1. The molecule has 0 aromatic carbocycles. The average Bonchev–Trinajstić information content (AvgIpc) is 3.85. The van der Waals surface area contributed by atoms with Gasteiger partial charge in [0.25, 0.3) is 0 Å². The second-order valence-electron chi connectivity index (χ2n) is 14.5. The molecule has 7 rings (SSSR count).